The number of hydrogen-bond donors (Lipinski definition) is 1. The summed E-state index contributed by atoms with van der Waals surface area (Å²) < 4.78 is 1.26. The van der Waals surface area contributed by atoms with Crippen molar-refractivity contribution < 1.29 is 5.11 Å². The third kappa shape index (κ3) is 1.99. The largest absolute Gasteiger partial charge is 0.392 e. The number of aliphatic hydroxyl groups excluding tert-OH is 1. The molecule has 16 heavy (non-hydrogen) atoms. The van der Waals surface area contributed by atoms with Gasteiger partial charge in [0.25, 0.3) is 5.56 Å². The van der Waals surface area contributed by atoms with Gasteiger partial charge < -0.3 is 5.11 Å². The number of aliphatic hydroxyl groups is 1. The van der Waals surface area contributed by atoms with Gasteiger partial charge in [-0.2, -0.15) is 5.10 Å². The van der Waals surface area contributed by atoms with Gasteiger partial charge in [-0.25, -0.2) is 4.68 Å². The summed E-state index contributed by atoms with van der Waals surface area (Å²) in [6.07, 6.45) is 3.23. The minimum absolute atomic E-state index is 0.0629. The van der Waals surface area contributed by atoms with Crippen LogP contribution >= 0.6 is 0 Å². The van der Waals surface area contributed by atoms with Gasteiger partial charge in [0.15, 0.2) is 0 Å². The van der Waals surface area contributed by atoms with Crippen LogP contribution in [0.3, 0.4) is 0 Å². The number of pyridine rings is 1. The van der Waals surface area contributed by atoms with Crippen LogP contribution in [0.2, 0.25) is 0 Å². The van der Waals surface area contributed by atoms with Crippen molar-refractivity contribution in [3.63, 3.8) is 0 Å². The average Bonchev–Trinajstić information content (AvgIpc) is 2.33. The van der Waals surface area contributed by atoms with E-state index in [2.05, 4.69) is 10.1 Å². The first-order valence-electron chi connectivity index (χ1n) is 4.80. The Balaban J connectivity index is 2.50. The van der Waals surface area contributed by atoms with Crippen molar-refractivity contribution in [2.45, 2.75) is 6.61 Å². The Morgan fingerprint density at radius 2 is 2.19 bits per heavy atom. The normalized spacial score (nSPS) is 10.4. The lowest BCUT2D eigenvalue weighted by Crippen LogP contribution is -2.18. The van der Waals surface area contributed by atoms with E-state index < -0.39 is 0 Å². The average molecular weight is 217 g/mol. The maximum atomic E-state index is 11.2. The Morgan fingerprint density at radius 1 is 1.38 bits per heavy atom. The maximum absolute atomic E-state index is 11.2. The molecule has 0 unspecified atom stereocenters. The molecule has 2 aromatic rings. The van der Waals surface area contributed by atoms with E-state index in [1.807, 2.05) is 0 Å². The molecule has 2 heterocycles. The van der Waals surface area contributed by atoms with Crippen LogP contribution in [0.4, 0.5) is 0 Å². The highest BCUT2D eigenvalue weighted by molar-refractivity contribution is 5.57. The van der Waals surface area contributed by atoms with Crippen LogP contribution in [-0.4, -0.2) is 19.9 Å². The molecular formula is C11H11N3O2. The summed E-state index contributed by atoms with van der Waals surface area (Å²) in [7, 11) is 1.59. The Bertz CT molecular complexity index is 563. The van der Waals surface area contributed by atoms with Crippen LogP contribution in [0.1, 0.15) is 5.56 Å². The van der Waals surface area contributed by atoms with Crippen LogP contribution in [0.5, 0.6) is 0 Å². The fourth-order valence-corrected chi connectivity index (χ4v) is 1.37. The fraction of sp³-hybridized carbons (Fsp3) is 0.182. The van der Waals surface area contributed by atoms with E-state index >= 15 is 0 Å². The molecule has 0 saturated heterocycles. The lowest BCUT2D eigenvalue weighted by atomic mass is 10.1. The van der Waals surface area contributed by atoms with Gasteiger partial charge in [0, 0.05) is 31.1 Å². The van der Waals surface area contributed by atoms with Gasteiger partial charge in [-0.3, -0.25) is 9.78 Å². The molecule has 0 fully saturated rings. The van der Waals surface area contributed by atoms with Gasteiger partial charge in [-0.05, 0) is 17.7 Å². The molecule has 2 rings (SSSR count). The number of aryl methyl sites for hydroxylation is 1. The Hall–Kier alpha value is -2.01. The predicted molar refractivity (Wildman–Crippen MR) is 58.6 cm³/mol. The predicted octanol–water partition coefficient (Wildman–Crippen LogP) is 0.335. The van der Waals surface area contributed by atoms with Gasteiger partial charge >= 0.3 is 0 Å². The molecule has 0 amide bonds. The SMILES string of the molecule is Cn1nc(-c2cncc(CO)c2)ccc1=O. The first kappa shape index (κ1) is 10.5. The summed E-state index contributed by atoms with van der Waals surface area (Å²) in [5.41, 5.74) is 2.00. The molecule has 0 aliphatic carbocycles. The van der Waals surface area contributed by atoms with Crippen LogP contribution in [-0.2, 0) is 13.7 Å². The first-order valence-corrected chi connectivity index (χ1v) is 4.80. The van der Waals surface area contributed by atoms with E-state index in [1.165, 1.54) is 10.7 Å². The second kappa shape index (κ2) is 4.24. The van der Waals surface area contributed by atoms with Crippen molar-refractivity contribution >= 4 is 0 Å². The molecule has 82 valence electrons. The van der Waals surface area contributed by atoms with E-state index in [0.29, 0.717) is 11.3 Å². The minimum atomic E-state index is -0.157. The van der Waals surface area contributed by atoms with Gasteiger partial charge in [-0.15, -0.1) is 0 Å². The van der Waals surface area contributed by atoms with E-state index in [0.717, 1.165) is 5.56 Å². The summed E-state index contributed by atoms with van der Waals surface area (Å²) in [6, 6.07) is 4.88. The Kier molecular flexibility index (Phi) is 2.78. The van der Waals surface area contributed by atoms with Crippen molar-refractivity contribution in [2.75, 3.05) is 0 Å². The molecular weight excluding hydrogens is 206 g/mol. The number of rotatable bonds is 2. The molecule has 5 nitrogen and oxygen atoms in total. The van der Waals surface area contributed by atoms with Gasteiger partial charge in [0.05, 0.1) is 12.3 Å². The van der Waals surface area contributed by atoms with Gasteiger partial charge in [-0.1, -0.05) is 0 Å². The van der Waals surface area contributed by atoms with Gasteiger partial charge in [0.1, 0.15) is 0 Å². The number of hydrogen-bond acceptors (Lipinski definition) is 4. The third-order valence-corrected chi connectivity index (χ3v) is 2.23. The van der Waals surface area contributed by atoms with E-state index in [-0.39, 0.29) is 12.2 Å². The summed E-state index contributed by atoms with van der Waals surface area (Å²) in [4.78, 5) is 15.2. The molecule has 0 aliphatic heterocycles. The highest BCUT2D eigenvalue weighted by atomic mass is 16.3. The van der Waals surface area contributed by atoms with Crippen molar-refractivity contribution in [1.29, 1.82) is 0 Å². The zero-order chi connectivity index (χ0) is 11.5. The smallest absolute Gasteiger partial charge is 0.266 e. The van der Waals surface area contributed by atoms with Crippen LogP contribution in [0.25, 0.3) is 11.3 Å². The third-order valence-electron chi connectivity index (χ3n) is 2.23. The molecule has 0 radical (unpaired) electrons. The maximum Gasteiger partial charge on any atom is 0.266 e. The second-order valence-corrected chi connectivity index (χ2v) is 3.42. The topological polar surface area (TPSA) is 68.0 Å². The Morgan fingerprint density at radius 3 is 2.88 bits per heavy atom. The van der Waals surface area contributed by atoms with Crippen molar-refractivity contribution in [2.24, 2.45) is 7.05 Å². The molecule has 0 atom stereocenters. The molecule has 2 aromatic heterocycles. The van der Waals surface area contributed by atoms with Gasteiger partial charge in [0.2, 0.25) is 0 Å². The zero-order valence-corrected chi connectivity index (χ0v) is 8.79. The number of nitrogens with zero attached hydrogens (tertiary/aromatic N) is 3. The van der Waals surface area contributed by atoms with E-state index in [4.69, 9.17) is 5.11 Å². The van der Waals surface area contributed by atoms with Crippen molar-refractivity contribution in [3.05, 3.63) is 46.5 Å². The highest BCUT2D eigenvalue weighted by Gasteiger charge is 2.02. The van der Waals surface area contributed by atoms with Crippen molar-refractivity contribution in [1.82, 2.24) is 14.8 Å². The fourth-order valence-electron chi connectivity index (χ4n) is 1.37. The summed E-state index contributed by atoms with van der Waals surface area (Å²) in [6.45, 7) is -0.0629. The molecule has 0 aromatic carbocycles. The molecule has 5 heteroatoms. The summed E-state index contributed by atoms with van der Waals surface area (Å²) in [5.74, 6) is 0. The summed E-state index contributed by atoms with van der Waals surface area (Å²) >= 11 is 0. The number of aromatic nitrogens is 3. The first-order chi connectivity index (χ1) is 7.70. The summed E-state index contributed by atoms with van der Waals surface area (Å²) in [5, 5.41) is 13.1. The molecule has 0 saturated carbocycles. The standard InChI is InChI=1S/C11H11N3O2/c1-14-11(16)3-2-10(13-14)9-4-8(7-15)5-12-6-9/h2-6,15H,7H2,1H3. The lowest BCUT2D eigenvalue weighted by molar-refractivity contribution is 0.281. The highest BCUT2D eigenvalue weighted by Crippen LogP contribution is 2.15. The van der Waals surface area contributed by atoms with Crippen molar-refractivity contribution in [3.8, 4) is 11.3 Å². The van der Waals surface area contributed by atoms with Crippen LogP contribution < -0.4 is 5.56 Å². The molecule has 1 N–H and O–H groups in total. The van der Waals surface area contributed by atoms with Crippen LogP contribution in [0, 0.1) is 0 Å². The molecule has 0 aliphatic rings. The zero-order valence-electron chi connectivity index (χ0n) is 8.79. The van der Waals surface area contributed by atoms with E-state index in [9.17, 15) is 4.79 Å². The second-order valence-electron chi connectivity index (χ2n) is 3.42. The quantitative estimate of drug-likeness (QED) is 0.787. The molecule has 0 spiro atoms. The monoisotopic (exact) mass is 217 g/mol. The lowest BCUT2D eigenvalue weighted by Gasteiger charge is -2.03. The Labute approximate surface area is 92.0 Å². The van der Waals surface area contributed by atoms with Crippen LogP contribution in [0.15, 0.2) is 35.4 Å². The minimum Gasteiger partial charge on any atom is -0.392 e. The molecule has 0 bridgehead atoms. The van der Waals surface area contributed by atoms with E-state index in [1.54, 1.807) is 31.6 Å².